The number of fused-ring (bicyclic) bond motifs is 2. The van der Waals surface area contributed by atoms with Gasteiger partial charge in [0, 0.05) is 24.2 Å². The lowest BCUT2D eigenvalue weighted by Crippen LogP contribution is -2.35. The Labute approximate surface area is 99.0 Å². The van der Waals surface area contributed by atoms with Crippen LogP contribution < -0.4 is 11.2 Å². The summed E-state index contributed by atoms with van der Waals surface area (Å²) in [4.78, 5) is 26.4. The molecule has 1 aromatic heterocycles. The van der Waals surface area contributed by atoms with E-state index < -0.39 is 0 Å². The topological polar surface area (TPSA) is 54.9 Å². The predicted octanol–water partition coefficient (Wildman–Crippen LogP) is 1.24. The molecule has 1 N–H and O–H groups in total. The minimum Gasteiger partial charge on any atom is -0.311 e. The summed E-state index contributed by atoms with van der Waals surface area (Å²) in [6.07, 6.45) is 6.71. The number of hydrogen-bond donors (Lipinski definition) is 1. The third kappa shape index (κ3) is 1.59. The van der Waals surface area contributed by atoms with E-state index in [-0.39, 0.29) is 11.2 Å². The lowest BCUT2D eigenvalue weighted by Gasteiger charge is -2.18. The van der Waals surface area contributed by atoms with Gasteiger partial charge < -0.3 is 4.98 Å². The monoisotopic (exact) mass is 232 g/mol. The molecule has 0 radical (unpaired) electrons. The number of hydrogen-bond acceptors (Lipinski definition) is 2. The summed E-state index contributed by atoms with van der Waals surface area (Å²) < 4.78 is 1.23. The molecule has 4 nitrogen and oxygen atoms in total. The maximum absolute atomic E-state index is 11.8. The largest absolute Gasteiger partial charge is 0.328 e. The van der Waals surface area contributed by atoms with E-state index in [1.807, 2.05) is 0 Å². The number of aromatic amines is 1. The summed E-state index contributed by atoms with van der Waals surface area (Å²) >= 11 is 0. The summed E-state index contributed by atoms with van der Waals surface area (Å²) in [5, 5.41) is 0. The molecule has 0 spiro atoms. The van der Waals surface area contributed by atoms with Gasteiger partial charge in [0.1, 0.15) is 0 Å². The number of nitrogens with one attached hydrogen (secondary N) is 1. The van der Waals surface area contributed by atoms with Crippen LogP contribution in [0.1, 0.15) is 31.4 Å². The molecule has 2 aliphatic rings. The van der Waals surface area contributed by atoms with Gasteiger partial charge in [0.15, 0.2) is 0 Å². The second-order valence-corrected chi connectivity index (χ2v) is 5.00. The quantitative estimate of drug-likeness (QED) is 0.780. The highest BCUT2D eigenvalue weighted by atomic mass is 16.2. The second-order valence-electron chi connectivity index (χ2n) is 5.00. The average Bonchev–Trinajstić information content (AvgIpc) is 2.90. The van der Waals surface area contributed by atoms with Gasteiger partial charge in [-0.2, -0.15) is 0 Å². The van der Waals surface area contributed by atoms with E-state index in [1.165, 1.54) is 11.0 Å². The molecule has 1 heterocycles. The van der Waals surface area contributed by atoms with Gasteiger partial charge in [-0.3, -0.25) is 9.36 Å². The van der Waals surface area contributed by atoms with Crippen LogP contribution >= 0.6 is 0 Å². The molecule has 2 bridgehead atoms. The first-order chi connectivity index (χ1) is 8.19. The number of allylic oxidation sites excluding steroid dienone is 2. The van der Waals surface area contributed by atoms with Crippen molar-refractivity contribution < 1.29 is 0 Å². The van der Waals surface area contributed by atoms with E-state index in [2.05, 4.69) is 17.1 Å². The summed E-state index contributed by atoms with van der Waals surface area (Å²) in [5.74, 6) is 1.48. The van der Waals surface area contributed by atoms with Crippen LogP contribution in [0.4, 0.5) is 0 Å². The van der Waals surface area contributed by atoms with Crippen molar-refractivity contribution in [1.29, 1.82) is 0 Å². The van der Waals surface area contributed by atoms with Gasteiger partial charge in [-0.1, -0.05) is 12.2 Å². The van der Waals surface area contributed by atoms with E-state index in [0.29, 0.717) is 24.3 Å². The fourth-order valence-corrected chi connectivity index (χ4v) is 3.18. The number of rotatable bonds is 2. The standard InChI is InChI=1S/C13H16N2O2/c1-2-15-12(16)7-11(14-13(15)17)10-6-8-3-4-9(10)5-8/h3-4,7-10H,2,5-6H2,1H3,(H,14,17)/t8-,9-,10+/m0/s1. The molecule has 3 rings (SSSR count). The van der Waals surface area contributed by atoms with Crippen LogP contribution in [0.25, 0.3) is 0 Å². The van der Waals surface area contributed by atoms with Crippen molar-refractivity contribution in [2.45, 2.75) is 32.2 Å². The van der Waals surface area contributed by atoms with Crippen molar-refractivity contribution in [3.8, 4) is 0 Å². The molecule has 1 saturated carbocycles. The normalized spacial score (nSPS) is 30.1. The molecule has 0 amide bonds. The van der Waals surface area contributed by atoms with E-state index in [4.69, 9.17) is 0 Å². The summed E-state index contributed by atoms with van der Waals surface area (Å²) in [5.41, 5.74) is 0.362. The number of nitrogens with zero attached hydrogens (tertiary/aromatic N) is 1. The number of H-pyrrole nitrogens is 1. The van der Waals surface area contributed by atoms with Gasteiger partial charge in [-0.15, -0.1) is 0 Å². The van der Waals surface area contributed by atoms with Crippen LogP contribution in [-0.4, -0.2) is 9.55 Å². The molecular weight excluding hydrogens is 216 g/mol. The molecule has 0 aliphatic heterocycles. The Morgan fingerprint density at radius 1 is 1.35 bits per heavy atom. The van der Waals surface area contributed by atoms with E-state index >= 15 is 0 Å². The highest BCUT2D eigenvalue weighted by Gasteiger charge is 2.37. The first-order valence-electron chi connectivity index (χ1n) is 6.21. The maximum Gasteiger partial charge on any atom is 0.328 e. The molecule has 17 heavy (non-hydrogen) atoms. The zero-order valence-corrected chi connectivity index (χ0v) is 9.85. The molecule has 4 heteroatoms. The van der Waals surface area contributed by atoms with Crippen molar-refractivity contribution in [2.24, 2.45) is 11.8 Å². The van der Waals surface area contributed by atoms with E-state index in [9.17, 15) is 9.59 Å². The van der Waals surface area contributed by atoms with Crippen LogP contribution in [0, 0.1) is 11.8 Å². The lowest BCUT2D eigenvalue weighted by molar-refractivity contribution is 0.553. The lowest BCUT2D eigenvalue weighted by atomic mass is 9.90. The van der Waals surface area contributed by atoms with E-state index in [0.717, 1.165) is 12.1 Å². The molecule has 3 atom stereocenters. The Morgan fingerprint density at radius 2 is 2.18 bits per heavy atom. The first-order valence-corrected chi connectivity index (χ1v) is 6.21. The summed E-state index contributed by atoms with van der Waals surface area (Å²) in [6, 6.07) is 1.60. The predicted molar refractivity (Wildman–Crippen MR) is 65.1 cm³/mol. The molecule has 90 valence electrons. The van der Waals surface area contributed by atoms with Gasteiger partial charge in [0.25, 0.3) is 5.56 Å². The molecule has 0 unspecified atom stereocenters. The van der Waals surface area contributed by atoms with Crippen LogP contribution in [-0.2, 0) is 6.54 Å². The highest BCUT2D eigenvalue weighted by molar-refractivity contribution is 5.21. The maximum atomic E-state index is 11.8. The average molecular weight is 232 g/mol. The zero-order chi connectivity index (χ0) is 12.0. The Bertz CT molecular complexity index is 551. The summed E-state index contributed by atoms with van der Waals surface area (Å²) in [7, 11) is 0. The zero-order valence-electron chi connectivity index (χ0n) is 9.85. The molecular formula is C13H16N2O2. The summed E-state index contributed by atoms with van der Waals surface area (Å²) in [6.45, 7) is 2.22. The third-order valence-electron chi connectivity index (χ3n) is 4.04. The molecule has 1 fully saturated rings. The number of aromatic nitrogens is 2. The van der Waals surface area contributed by atoms with Crippen LogP contribution in [0.5, 0.6) is 0 Å². The van der Waals surface area contributed by atoms with Gasteiger partial charge in [-0.05, 0) is 31.6 Å². The van der Waals surface area contributed by atoms with Crippen LogP contribution in [0.15, 0.2) is 27.8 Å². The molecule has 2 aliphatic carbocycles. The van der Waals surface area contributed by atoms with E-state index in [1.54, 1.807) is 13.0 Å². The van der Waals surface area contributed by atoms with Crippen molar-refractivity contribution in [3.05, 3.63) is 44.8 Å². The smallest absolute Gasteiger partial charge is 0.311 e. The highest BCUT2D eigenvalue weighted by Crippen LogP contribution is 2.47. The fraction of sp³-hybridized carbons (Fsp3) is 0.538. The van der Waals surface area contributed by atoms with Gasteiger partial charge in [0.2, 0.25) is 0 Å². The van der Waals surface area contributed by atoms with Crippen molar-refractivity contribution in [2.75, 3.05) is 0 Å². The molecule has 0 aromatic carbocycles. The minimum atomic E-state index is -0.276. The first kappa shape index (κ1) is 10.6. The Hall–Kier alpha value is -1.58. The molecule has 1 aromatic rings. The third-order valence-corrected chi connectivity index (χ3v) is 4.04. The van der Waals surface area contributed by atoms with Gasteiger partial charge in [0.05, 0.1) is 0 Å². The Balaban J connectivity index is 2.03. The second kappa shape index (κ2) is 3.72. The van der Waals surface area contributed by atoms with Crippen molar-refractivity contribution >= 4 is 0 Å². The SMILES string of the molecule is CCn1c(=O)cc([C@@H]2C[C@H]3C=C[C@H]2C3)[nH]c1=O. The minimum absolute atomic E-state index is 0.182. The Kier molecular flexibility index (Phi) is 2.31. The van der Waals surface area contributed by atoms with Gasteiger partial charge in [-0.25, -0.2) is 4.79 Å². The van der Waals surface area contributed by atoms with Crippen LogP contribution in [0.2, 0.25) is 0 Å². The fourth-order valence-electron chi connectivity index (χ4n) is 3.18. The van der Waals surface area contributed by atoms with Crippen molar-refractivity contribution in [3.63, 3.8) is 0 Å². The van der Waals surface area contributed by atoms with Crippen LogP contribution in [0.3, 0.4) is 0 Å². The van der Waals surface area contributed by atoms with Crippen molar-refractivity contribution in [1.82, 2.24) is 9.55 Å². The Morgan fingerprint density at radius 3 is 2.71 bits per heavy atom. The van der Waals surface area contributed by atoms with Gasteiger partial charge >= 0.3 is 5.69 Å². The molecule has 0 saturated heterocycles.